The van der Waals surface area contributed by atoms with Gasteiger partial charge in [0, 0.05) is 19.5 Å². The molecule has 0 saturated carbocycles. The highest BCUT2D eigenvalue weighted by Crippen LogP contribution is 2.28. The molecule has 1 aliphatic rings. The summed E-state index contributed by atoms with van der Waals surface area (Å²) in [6, 6.07) is 7.59. The fourth-order valence-corrected chi connectivity index (χ4v) is 4.78. The maximum Gasteiger partial charge on any atom is 0.262 e. The summed E-state index contributed by atoms with van der Waals surface area (Å²) < 4.78 is 7.02. The van der Waals surface area contributed by atoms with Crippen LogP contribution in [-0.4, -0.2) is 22.6 Å². The maximum absolute atomic E-state index is 13.0. The molecule has 0 radical (unpaired) electrons. The van der Waals surface area contributed by atoms with Crippen molar-refractivity contribution in [2.75, 3.05) is 7.11 Å². The fourth-order valence-electron chi connectivity index (χ4n) is 3.67. The van der Waals surface area contributed by atoms with Crippen LogP contribution in [0.25, 0.3) is 10.2 Å². The Kier molecular flexibility index (Phi) is 5.17. The Morgan fingerprint density at radius 1 is 1.32 bits per heavy atom. The van der Waals surface area contributed by atoms with Crippen molar-refractivity contribution in [2.24, 2.45) is 0 Å². The van der Waals surface area contributed by atoms with Crippen LogP contribution in [0.4, 0.5) is 0 Å². The standard InChI is InChI=1S/C21H23N3O3S/c1-13-17-20(23-16-9-4-3-5-10-24(16)21(17)26)28-18(13)19(25)22-12-14-7-6-8-15(11-14)27-2/h6-8,11H,3-5,9-10,12H2,1-2H3,(H,22,25). The highest BCUT2D eigenvalue weighted by molar-refractivity contribution is 7.20. The molecule has 0 bridgehead atoms. The first-order valence-electron chi connectivity index (χ1n) is 9.52. The fraction of sp³-hybridized carbons (Fsp3) is 0.381. The van der Waals surface area contributed by atoms with Crippen LogP contribution in [0.15, 0.2) is 29.1 Å². The Hall–Kier alpha value is -2.67. The lowest BCUT2D eigenvalue weighted by Gasteiger charge is -2.08. The molecule has 2 aromatic heterocycles. The number of hydrogen-bond acceptors (Lipinski definition) is 5. The van der Waals surface area contributed by atoms with Crippen molar-refractivity contribution in [1.29, 1.82) is 0 Å². The van der Waals surface area contributed by atoms with E-state index in [4.69, 9.17) is 9.72 Å². The molecule has 0 spiro atoms. The summed E-state index contributed by atoms with van der Waals surface area (Å²) in [5, 5.41) is 3.53. The van der Waals surface area contributed by atoms with Gasteiger partial charge in [-0.15, -0.1) is 11.3 Å². The number of hydrogen-bond donors (Lipinski definition) is 1. The molecule has 0 saturated heterocycles. The topological polar surface area (TPSA) is 73.2 Å². The van der Waals surface area contributed by atoms with E-state index in [-0.39, 0.29) is 11.5 Å². The highest BCUT2D eigenvalue weighted by Gasteiger charge is 2.22. The maximum atomic E-state index is 13.0. The first-order valence-corrected chi connectivity index (χ1v) is 10.3. The summed E-state index contributed by atoms with van der Waals surface area (Å²) in [6.07, 6.45) is 3.99. The molecule has 146 valence electrons. The van der Waals surface area contributed by atoms with E-state index in [2.05, 4.69) is 5.32 Å². The molecule has 0 fully saturated rings. The Labute approximate surface area is 167 Å². The Balaban J connectivity index is 1.63. The Morgan fingerprint density at radius 3 is 3.00 bits per heavy atom. The molecule has 1 aromatic carbocycles. The summed E-state index contributed by atoms with van der Waals surface area (Å²) in [7, 11) is 1.62. The van der Waals surface area contributed by atoms with Crippen LogP contribution in [0.1, 0.15) is 45.9 Å². The Morgan fingerprint density at radius 2 is 2.18 bits per heavy atom. The Bertz CT molecular complexity index is 1100. The molecular weight excluding hydrogens is 374 g/mol. The van der Waals surface area contributed by atoms with Crippen LogP contribution >= 0.6 is 11.3 Å². The second-order valence-electron chi connectivity index (χ2n) is 7.07. The van der Waals surface area contributed by atoms with Gasteiger partial charge in [-0.05, 0) is 43.0 Å². The monoisotopic (exact) mass is 397 g/mol. The van der Waals surface area contributed by atoms with Crippen molar-refractivity contribution in [3.8, 4) is 5.75 Å². The van der Waals surface area contributed by atoms with E-state index in [1.807, 2.05) is 31.2 Å². The second kappa shape index (κ2) is 7.75. The number of methoxy groups -OCH3 is 1. The zero-order valence-corrected chi connectivity index (χ0v) is 16.9. The van der Waals surface area contributed by atoms with Gasteiger partial charge in [-0.1, -0.05) is 18.6 Å². The largest absolute Gasteiger partial charge is 0.497 e. The molecule has 3 aromatic rings. The second-order valence-corrected chi connectivity index (χ2v) is 8.07. The van der Waals surface area contributed by atoms with E-state index < -0.39 is 0 Å². The number of rotatable bonds is 4. The van der Waals surface area contributed by atoms with Crippen molar-refractivity contribution >= 4 is 27.5 Å². The van der Waals surface area contributed by atoms with Crippen molar-refractivity contribution in [2.45, 2.75) is 45.7 Å². The number of aromatic nitrogens is 2. The molecule has 7 heteroatoms. The van der Waals surface area contributed by atoms with Gasteiger partial charge in [-0.25, -0.2) is 4.98 Å². The summed E-state index contributed by atoms with van der Waals surface area (Å²) in [5.74, 6) is 1.42. The number of ether oxygens (including phenoxy) is 1. The normalized spacial score (nSPS) is 13.8. The SMILES string of the molecule is COc1cccc(CNC(=O)c2sc3nc4n(c(=O)c3c2C)CCCCC4)c1. The molecular formula is C21H23N3O3S. The number of thiophene rings is 1. The molecule has 6 nitrogen and oxygen atoms in total. The number of carbonyl (C=O) groups excluding carboxylic acids is 1. The van der Waals surface area contributed by atoms with Gasteiger partial charge >= 0.3 is 0 Å². The first-order chi connectivity index (χ1) is 13.6. The van der Waals surface area contributed by atoms with E-state index in [9.17, 15) is 9.59 Å². The smallest absolute Gasteiger partial charge is 0.262 e. The quantitative estimate of drug-likeness (QED) is 0.732. The van der Waals surface area contributed by atoms with Gasteiger partial charge in [-0.2, -0.15) is 0 Å². The van der Waals surface area contributed by atoms with Crippen LogP contribution in [-0.2, 0) is 19.5 Å². The number of aryl methyl sites for hydroxylation is 2. The van der Waals surface area contributed by atoms with Crippen LogP contribution in [0.5, 0.6) is 5.75 Å². The molecule has 0 atom stereocenters. The molecule has 0 aliphatic carbocycles. The number of benzene rings is 1. The molecule has 1 aliphatic heterocycles. The molecule has 3 heterocycles. The summed E-state index contributed by atoms with van der Waals surface area (Å²) >= 11 is 1.31. The third-order valence-corrected chi connectivity index (χ3v) is 6.39. The minimum Gasteiger partial charge on any atom is -0.497 e. The van der Waals surface area contributed by atoms with Crippen molar-refractivity contribution in [1.82, 2.24) is 14.9 Å². The minimum absolute atomic E-state index is 0.0116. The average molecular weight is 398 g/mol. The van der Waals surface area contributed by atoms with E-state index in [0.717, 1.165) is 48.4 Å². The highest BCUT2D eigenvalue weighted by atomic mass is 32.1. The third-order valence-electron chi connectivity index (χ3n) is 5.20. The minimum atomic E-state index is -0.178. The number of carbonyl (C=O) groups is 1. The summed E-state index contributed by atoms with van der Waals surface area (Å²) in [4.78, 5) is 31.8. The number of fused-ring (bicyclic) bond motifs is 2. The lowest BCUT2D eigenvalue weighted by atomic mass is 10.2. The van der Waals surface area contributed by atoms with E-state index in [1.54, 1.807) is 11.7 Å². The molecule has 1 N–H and O–H groups in total. The summed E-state index contributed by atoms with van der Waals surface area (Å²) in [5.41, 5.74) is 1.67. The van der Waals surface area contributed by atoms with Gasteiger partial charge in [0.2, 0.25) is 0 Å². The van der Waals surface area contributed by atoms with Crippen LogP contribution < -0.4 is 15.6 Å². The first kappa shape index (κ1) is 18.7. The van der Waals surface area contributed by atoms with Crippen LogP contribution in [0.2, 0.25) is 0 Å². The van der Waals surface area contributed by atoms with Gasteiger partial charge in [0.05, 0.1) is 17.4 Å². The average Bonchev–Trinajstić information content (AvgIpc) is 2.88. The lowest BCUT2D eigenvalue weighted by Crippen LogP contribution is -2.25. The van der Waals surface area contributed by atoms with Gasteiger partial charge in [0.1, 0.15) is 16.4 Å². The van der Waals surface area contributed by atoms with Crippen LogP contribution in [0.3, 0.4) is 0 Å². The molecule has 28 heavy (non-hydrogen) atoms. The third kappa shape index (κ3) is 3.42. The number of nitrogens with one attached hydrogen (secondary N) is 1. The predicted molar refractivity (Wildman–Crippen MR) is 110 cm³/mol. The van der Waals surface area contributed by atoms with E-state index >= 15 is 0 Å². The molecule has 1 amide bonds. The van der Waals surface area contributed by atoms with Crippen molar-refractivity contribution in [3.63, 3.8) is 0 Å². The lowest BCUT2D eigenvalue weighted by molar-refractivity contribution is 0.0954. The van der Waals surface area contributed by atoms with Crippen molar-refractivity contribution in [3.05, 3.63) is 56.4 Å². The zero-order chi connectivity index (χ0) is 19.7. The molecule has 0 unspecified atom stereocenters. The van der Waals surface area contributed by atoms with Gasteiger partial charge in [-0.3, -0.25) is 14.2 Å². The predicted octanol–water partition coefficient (Wildman–Crippen LogP) is 3.43. The van der Waals surface area contributed by atoms with Gasteiger partial charge in [0.15, 0.2) is 0 Å². The van der Waals surface area contributed by atoms with E-state index in [0.29, 0.717) is 28.2 Å². The van der Waals surface area contributed by atoms with Gasteiger partial charge in [0.25, 0.3) is 11.5 Å². The van der Waals surface area contributed by atoms with Crippen molar-refractivity contribution < 1.29 is 9.53 Å². The number of nitrogens with zero attached hydrogens (tertiary/aromatic N) is 2. The molecule has 4 rings (SSSR count). The zero-order valence-electron chi connectivity index (χ0n) is 16.1. The van der Waals surface area contributed by atoms with Gasteiger partial charge < -0.3 is 10.1 Å². The van der Waals surface area contributed by atoms with Crippen LogP contribution in [0, 0.1) is 6.92 Å². The van der Waals surface area contributed by atoms with E-state index in [1.165, 1.54) is 11.3 Å². The number of amides is 1. The summed E-state index contributed by atoms with van der Waals surface area (Å²) in [6.45, 7) is 2.95.